The number of benzene rings is 1. The van der Waals surface area contributed by atoms with Crippen molar-refractivity contribution in [3.8, 4) is 0 Å². The van der Waals surface area contributed by atoms with Crippen LogP contribution in [0, 0.1) is 0 Å². The molecule has 1 atom stereocenters. The summed E-state index contributed by atoms with van der Waals surface area (Å²) in [6.07, 6.45) is 2.16. The maximum absolute atomic E-state index is 15.2. The molecule has 3 heteroatoms. The quantitative estimate of drug-likeness (QED) is 0.808. The summed E-state index contributed by atoms with van der Waals surface area (Å²) in [5, 5.41) is 3.16. The van der Waals surface area contributed by atoms with E-state index in [1.165, 1.54) is 0 Å². The van der Waals surface area contributed by atoms with Crippen LogP contribution in [0.5, 0.6) is 0 Å². The van der Waals surface area contributed by atoms with E-state index in [2.05, 4.69) is 12.2 Å². The van der Waals surface area contributed by atoms with Crippen LogP contribution in [-0.2, 0) is 5.79 Å². The van der Waals surface area contributed by atoms with Gasteiger partial charge in [-0.05, 0) is 6.42 Å². The van der Waals surface area contributed by atoms with Crippen LogP contribution in [0.4, 0.5) is 4.39 Å². The van der Waals surface area contributed by atoms with E-state index in [0.29, 0.717) is 6.54 Å². The minimum Gasteiger partial charge on any atom is -0.311 e. The highest BCUT2D eigenvalue weighted by Crippen LogP contribution is 2.31. The van der Waals surface area contributed by atoms with Gasteiger partial charge in [-0.15, -0.1) is 0 Å². The summed E-state index contributed by atoms with van der Waals surface area (Å²) in [5.41, 5.74) is 0.767. The van der Waals surface area contributed by atoms with Crippen molar-refractivity contribution < 1.29 is 4.39 Å². The summed E-state index contributed by atoms with van der Waals surface area (Å²) in [6, 6.07) is 9.50. The second-order valence-electron chi connectivity index (χ2n) is 4.64. The van der Waals surface area contributed by atoms with Crippen molar-refractivity contribution in [3.63, 3.8) is 0 Å². The highest BCUT2D eigenvalue weighted by Gasteiger charge is 2.40. The van der Waals surface area contributed by atoms with Crippen molar-refractivity contribution in [1.82, 2.24) is 10.2 Å². The third-order valence-electron chi connectivity index (χ3n) is 3.42. The number of halogens is 1. The molecule has 0 radical (unpaired) electrons. The van der Waals surface area contributed by atoms with Gasteiger partial charge in [-0.3, -0.25) is 4.90 Å². The standard InChI is InChI=1S/C14H21FN2/c1-2-3-10-17-11-9-16-12-14(17,15)13-7-5-4-6-8-13/h4-8,16H,2-3,9-12H2,1H3. The van der Waals surface area contributed by atoms with Gasteiger partial charge in [-0.2, -0.15) is 0 Å². The average Bonchev–Trinajstić information content (AvgIpc) is 2.39. The molecule has 1 aromatic carbocycles. The first kappa shape index (κ1) is 12.5. The molecule has 0 amide bonds. The van der Waals surface area contributed by atoms with Crippen LogP contribution < -0.4 is 5.32 Å². The maximum atomic E-state index is 15.2. The van der Waals surface area contributed by atoms with Crippen LogP contribution in [0.15, 0.2) is 30.3 Å². The lowest BCUT2D eigenvalue weighted by Crippen LogP contribution is -2.56. The summed E-state index contributed by atoms with van der Waals surface area (Å²) in [4.78, 5) is 1.97. The fourth-order valence-corrected chi connectivity index (χ4v) is 2.37. The first-order valence-corrected chi connectivity index (χ1v) is 6.47. The second kappa shape index (κ2) is 5.61. The van der Waals surface area contributed by atoms with Gasteiger partial charge in [0.15, 0.2) is 0 Å². The third kappa shape index (κ3) is 2.67. The number of alkyl halides is 1. The molecule has 0 bridgehead atoms. The molecule has 0 spiro atoms. The molecule has 1 aliphatic rings. The van der Waals surface area contributed by atoms with E-state index in [4.69, 9.17) is 0 Å². The number of piperazine rings is 1. The number of nitrogens with one attached hydrogen (secondary N) is 1. The van der Waals surface area contributed by atoms with Crippen molar-refractivity contribution in [3.05, 3.63) is 35.9 Å². The molecule has 1 fully saturated rings. The van der Waals surface area contributed by atoms with Gasteiger partial charge in [0, 0.05) is 31.7 Å². The van der Waals surface area contributed by atoms with Crippen LogP contribution in [0.1, 0.15) is 25.3 Å². The number of hydrogen-bond donors (Lipinski definition) is 1. The van der Waals surface area contributed by atoms with Gasteiger partial charge in [0.05, 0.1) is 0 Å². The highest BCUT2D eigenvalue weighted by atomic mass is 19.1. The smallest absolute Gasteiger partial charge is 0.202 e. The zero-order valence-electron chi connectivity index (χ0n) is 10.5. The van der Waals surface area contributed by atoms with Gasteiger partial charge < -0.3 is 5.32 Å². The summed E-state index contributed by atoms with van der Waals surface area (Å²) in [7, 11) is 0. The van der Waals surface area contributed by atoms with Gasteiger partial charge in [0.1, 0.15) is 0 Å². The summed E-state index contributed by atoms with van der Waals surface area (Å²) in [6.45, 7) is 5.03. The Hall–Kier alpha value is -0.930. The minimum atomic E-state index is -1.34. The predicted molar refractivity (Wildman–Crippen MR) is 68.6 cm³/mol. The first-order valence-electron chi connectivity index (χ1n) is 6.47. The SMILES string of the molecule is CCCCN1CCNCC1(F)c1ccccc1. The van der Waals surface area contributed by atoms with Crippen LogP contribution in [0.3, 0.4) is 0 Å². The van der Waals surface area contributed by atoms with Crippen molar-refractivity contribution in [1.29, 1.82) is 0 Å². The van der Waals surface area contributed by atoms with Crippen molar-refractivity contribution in [2.75, 3.05) is 26.2 Å². The maximum Gasteiger partial charge on any atom is 0.202 e. The third-order valence-corrected chi connectivity index (χ3v) is 3.42. The molecule has 1 unspecified atom stereocenters. The molecule has 1 saturated heterocycles. The Bertz CT molecular complexity index is 341. The van der Waals surface area contributed by atoms with Crippen LogP contribution in [-0.4, -0.2) is 31.1 Å². The molecule has 1 aliphatic heterocycles. The van der Waals surface area contributed by atoms with E-state index in [-0.39, 0.29) is 0 Å². The Morgan fingerprint density at radius 1 is 1.35 bits per heavy atom. The minimum absolute atomic E-state index is 0.390. The topological polar surface area (TPSA) is 15.3 Å². The lowest BCUT2D eigenvalue weighted by molar-refractivity contribution is -0.0584. The number of unbranched alkanes of at least 4 members (excludes halogenated alkanes) is 1. The summed E-state index contributed by atoms with van der Waals surface area (Å²) >= 11 is 0. The molecule has 2 nitrogen and oxygen atoms in total. The average molecular weight is 236 g/mol. The van der Waals surface area contributed by atoms with Crippen molar-refractivity contribution in [2.24, 2.45) is 0 Å². The Morgan fingerprint density at radius 3 is 2.82 bits per heavy atom. The molecule has 0 saturated carbocycles. The number of nitrogens with zero attached hydrogens (tertiary/aromatic N) is 1. The monoisotopic (exact) mass is 236 g/mol. The fourth-order valence-electron chi connectivity index (χ4n) is 2.37. The van der Waals surface area contributed by atoms with E-state index in [9.17, 15) is 0 Å². The first-order chi connectivity index (χ1) is 8.27. The Labute approximate surface area is 103 Å². The van der Waals surface area contributed by atoms with Gasteiger partial charge in [-0.1, -0.05) is 43.7 Å². The molecule has 94 valence electrons. The Morgan fingerprint density at radius 2 is 2.12 bits per heavy atom. The molecular weight excluding hydrogens is 215 g/mol. The van der Waals surface area contributed by atoms with Gasteiger partial charge in [0.25, 0.3) is 0 Å². The molecule has 1 aromatic rings. The molecule has 2 rings (SSSR count). The Kier molecular flexibility index (Phi) is 4.13. The zero-order chi connectivity index (χ0) is 12.1. The van der Waals surface area contributed by atoms with Crippen molar-refractivity contribution in [2.45, 2.75) is 25.6 Å². The molecule has 1 N–H and O–H groups in total. The van der Waals surface area contributed by atoms with Gasteiger partial charge in [0.2, 0.25) is 5.79 Å². The summed E-state index contributed by atoms with van der Waals surface area (Å²) in [5.74, 6) is -1.34. The number of rotatable bonds is 4. The number of hydrogen-bond acceptors (Lipinski definition) is 2. The second-order valence-corrected chi connectivity index (χ2v) is 4.64. The van der Waals surface area contributed by atoms with Crippen LogP contribution in [0.2, 0.25) is 0 Å². The van der Waals surface area contributed by atoms with Gasteiger partial charge in [-0.25, -0.2) is 4.39 Å². The molecule has 0 aromatic heterocycles. The Balaban J connectivity index is 2.19. The lowest BCUT2D eigenvalue weighted by atomic mass is 10.00. The van der Waals surface area contributed by atoms with Crippen LogP contribution in [0.25, 0.3) is 0 Å². The molecular formula is C14H21FN2. The summed E-state index contributed by atoms with van der Waals surface area (Å²) < 4.78 is 15.2. The fraction of sp³-hybridized carbons (Fsp3) is 0.571. The van der Waals surface area contributed by atoms with Crippen LogP contribution >= 0.6 is 0 Å². The predicted octanol–water partition coefficient (Wildman–Crippen LogP) is 2.51. The van der Waals surface area contributed by atoms with Crippen molar-refractivity contribution >= 4 is 0 Å². The highest BCUT2D eigenvalue weighted by molar-refractivity contribution is 5.23. The zero-order valence-corrected chi connectivity index (χ0v) is 10.5. The van der Waals surface area contributed by atoms with Gasteiger partial charge >= 0.3 is 0 Å². The lowest BCUT2D eigenvalue weighted by Gasteiger charge is -2.41. The molecule has 17 heavy (non-hydrogen) atoms. The molecule has 0 aliphatic carbocycles. The van der Waals surface area contributed by atoms with E-state index in [1.807, 2.05) is 35.2 Å². The van der Waals surface area contributed by atoms with E-state index in [0.717, 1.165) is 38.0 Å². The van der Waals surface area contributed by atoms with E-state index < -0.39 is 5.79 Å². The normalized spacial score (nSPS) is 26.0. The molecule has 1 heterocycles. The van der Waals surface area contributed by atoms with E-state index >= 15 is 4.39 Å². The largest absolute Gasteiger partial charge is 0.311 e. The van der Waals surface area contributed by atoms with E-state index in [1.54, 1.807) is 0 Å².